The summed E-state index contributed by atoms with van der Waals surface area (Å²) in [5, 5.41) is 0. The van der Waals surface area contributed by atoms with Gasteiger partial charge in [-0.2, -0.15) is 0 Å². The average Bonchev–Trinajstić information content (AvgIpc) is 0.811. The zero-order chi connectivity index (χ0) is 3.58. The van der Waals surface area contributed by atoms with Gasteiger partial charge in [-0.25, -0.2) is 0 Å². The first kappa shape index (κ1) is 4.61. The van der Waals surface area contributed by atoms with Crippen molar-refractivity contribution in [3.8, 4) is 0 Å². The van der Waals surface area contributed by atoms with Crippen LogP contribution in [0.3, 0.4) is 0 Å². The van der Waals surface area contributed by atoms with E-state index in [9.17, 15) is 0 Å². The summed E-state index contributed by atoms with van der Waals surface area (Å²) in [6.07, 6.45) is 0. The van der Waals surface area contributed by atoms with Gasteiger partial charge in [0.15, 0.2) is 0 Å². The molecular formula is H3IO3. The van der Waals surface area contributed by atoms with E-state index in [2.05, 4.69) is 0 Å². The van der Waals surface area contributed by atoms with Crippen LogP contribution in [-0.4, -0.2) is 10.3 Å². The minimum absolute atomic E-state index is 3.26. The van der Waals surface area contributed by atoms with E-state index in [0.717, 1.165) is 0 Å². The van der Waals surface area contributed by atoms with E-state index in [0.29, 0.717) is 0 Å². The second-order valence-electron chi connectivity index (χ2n) is 0.227. The molecule has 0 atom stereocenters. The first-order valence-corrected chi connectivity index (χ1v) is 3.40. The minimum atomic E-state index is -3.26. The first-order chi connectivity index (χ1) is 1.73. The van der Waals surface area contributed by atoms with Crippen LogP contribution in [0.5, 0.6) is 0 Å². The summed E-state index contributed by atoms with van der Waals surface area (Å²) in [4.78, 5) is 0. The monoisotopic (exact) mass is 178 g/mol. The molecule has 0 radical (unpaired) electrons. The summed E-state index contributed by atoms with van der Waals surface area (Å²) in [5.74, 6) is 0. The Morgan fingerprint density at radius 2 is 1.00 bits per heavy atom. The van der Waals surface area contributed by atoms with Crippen molar-refractivity contribution in [1.29, 1.82) is 0 Å². The van der Waals surface area contributed by atoms with E-state index in [1.807, 2.05) is 0 Å². The van der Waals surface area contributed by atoms with Gasteiger partial charge in [0.1, 0.15) is 0 Å². The topological polar surface area (TPSA) is 60.7 Å². The molecule has 0 aliphatic heterocycles. The van der Waals surface area contributed by atoms with Crippen LogP contribution in [0.15, 0.2) is 0 Å². The van der Waals surface area contributed by atoms with Crippen LogP contribution in [-0.2, 0) is 0 Å². The molecule has 3 nitrogen and oxygen atoms in total. The number of rotatable bonds is 0. The van der Waals surface area contributed by atoms with Crippen molar-refractivity contribution in [1.82, 2.24) is 0 Å². The molecule has 0 aliphatic carbocycles. The Labute approximate surface area is 31.9 Å². The molecule has 0 aliphatic rings. The van der Waals surface area contributed by atoms with Gasteiger partial charge in [-0.3, -0.25) is 0 Å². The van der Waals surface area contributed by atoms with Crippen molar-refractivity contribution in [2.75, 3.05) is 0 Å². The van der Waals surface area contributed by atoms with Crippen LogP contribution >= 0.6 is 21.1 Å². The molecule has 0 amide bonds. The third-order valence-electron chi connectivity index (χ3n) is 0. The van der Waals surface area contributed by atoms with E-state index in [4.69, 9.17) is 10.3 Å². The SMILES string of the molecule is OI(O)O. The van der Waals surface area contributed by atoms with Crippen molar-refractivity contribution in [3.63, 3.8) is 0 Å². The van der Waals surface area contributed by atoms with Crippen LogP contribution < -0.4 is 0 Å². The van der Waals surface area contributed by atoms with Gasteiger partial charge in [0.25, 0.3) is 0 Å². The van der Waals surface area contributed by atoms with Crippen molar-refractivity contribution >= 4 is 21.1 Å². The van der Waals surface area contributed by atoms with Gasteiger partial charge in [0.05, 0.1) is 0 Å². The van der Waals surface area contributed by atoms with Gasteiger partial charge in [0.2, 0.25) is 0 Å². The van der Waals surface area contributed by atoms with Gasteiger partial charge < -0.3 is 0 Å². The molecule has 0 saturated carbocycles. The van der Waals surface area contributed by atoms with E-state index in [-0.39, 0.29) is 0 Å². The summed E-state index contributed by atoms with van der Waals surface area (Å²) in [5.41, 5.74) is 0. The molecule has 28 valence electrons. The molecule has 0 rings (SSSR count). The van der Waals surface area contributed by atoms with Gasteiger partial charge in [-0.15, -0.1) is 0 Å². The Morgan fingerprint density at radius 3 is 1.00 bits per heavy atom. The van der Waals surface area contributed by atoms with E-state index in [1.165, 1.54) is 0 Å². The Hall–Kier alpha value is 0.610. The van der Waals surface area contributed by atoms with Gasteiger partial charge in [-0.1, -0.05) is 0 Å². The average molecular weight is 178 g/mol. The summed E-state index contributed by atoms with van der Waals surface area (Å²) < 4.78 is 22.0. The fraction of sp³-hybridized carbons (Fsp3) is 0. The molecule has 0 aromatic rings. The predicted molar refractivity (Wildman–Crippen MR) is 20.7 cm³/mol. The summed E-state index contributed by atoms with van der Waals surface area (Å²) >= 11 is -3.26. The third-order valence-corrected chi connectivity index (χ3v) is 0. The molecule has 0 fully saturated rings. The Morgan fingerprint density at radius 1 is 1.00 bits per heavy atom. The molecule has 0 aromatic carbocycles. The second kappa shape index (κ2) is 1.89. The standard InChI is InChI=1S/H3IO3/c2-1(3)4/h2-4H. The van der Waals surface area contributed by atoms with Gasteiger partial charge >= 0.3 is 31.4 Å². The van der Waals surface area contributed by atoms with Crippen molar-refractivity contribution < 1.29 is 10.3 Å². The third kappa shape index (κ3) is 18.2. The summed E-state index contributed by atoms with van der Waals surface area (Å²) in [6.45, 7) is 0. The van der Waals surface area contributed by atoms with Crippen LogP contribution in [0.25, 0.3) is 0 Å². The van der Waals surface area contributed by atoms with Crippen LogP contribution in [0.1, 0.15) is 0 Å². The van der Waals surface area contributed by atoms with Gasteiger partial charge in [-0.05, 0) is 0 Å². The maximum atomic E-state index is 7.32. The second-order valence-corrected chi connectivity index (χ2v) is 1.52. The molecule has 0 aromatic heterocycles. The molecular weight excluding hydrogens is 175 g/mol. The maximum absolute atomic E-state index is 7.32. The molecule has 0 spiro atoms. The number of halogens is 1. The van der Waals surface area contributed by atoms with E-state index in [1.54, 1.807) is 0 Å². The van der Waals surface area contributed by atoms with E-state index >= 15 is 0 Å². The fourth-order valence-electron chi connectivity index (χ4n) is 0. The quantitative estimate of drug-likeness (QED) is 0.426. The number of hydrogen-bond acceptors (Lipinski definition) is 3. The van der Waals surface area contributed by atoms with E-state index < -0.39 is 21.1 Å². The summed E-state index contributed by atoms with van der Waals surface area (Å²) in [6, 6.07) is 0. The predicted octanol–water partition coefficient (Wildman–Crippen LogP) is -0.785. The Kier molecular flexibility index (Phi) is 2.17. The fourth-order valence-corrected chi connectivity index (χ4v) is 0. The Balaban J connectivity index is 2.32. The molecule has 4 heavy (non-hydrogen) atoms. The van der Waals surface area contributed by atoms with Crippen molar-refractivity contribution in [2.24, 2.45) is 0 Å². The van der Waals surface area contributed by atoms with Gasteiger partial charge in [0, 0.05) is 0 Å². The number of hydrogen-bond donors (Lipinski definition) is 3. The zero-order valence-electron chi connectivity index (χ0n) is 1.72. The Bertz CT molecular complexity index is 8.00. The zero-order valence-corrected chi connectivity index (χ0v) is 3.88. The molecule has 0 unspecified atom stereocenters. The normalized spacial score (nSPS) is 11.2. The van der Waals surface area contributed by atoms with Crippen molar-refractivity contribution in [3.05, 3.63) is 0 Å². The van der Waals surface area contributed by atoms with Crippen LogP contribution in [0, 0.1) is 0 Å². The molecule has 3 N–H and O–H groups in total. The van der Waals surface area contributed by atoms with Crippen molar-refractivity contribution in [2.45, 2.75) is 0 Å². The summed E-state index contributed by atoms with van der Waals surface area (Å²) in [7, 11) is 0. The molecule has 4 heteroatoms. The van der Waals surface area contributed by atoms with Crippen LogP contribution in [0.2, 0.25) is 0 Å². The molecule has 0 bridgehead atoms. The molecule has 0 saturated heterocycles. The molecule has 0 heterocycles. The first-order valence-electron chi connectivity index (χ1n) is 0.507. The van der Waals surface area contributed by atoms with Crippen LogP contribution in [0.4, 0.5) is 0 Å².